The van der Waals surface area contributed by atoms with Gasteiger partial charge in [0.1, 0.15) is 6.54 Å². The molecule has 0 bridgehead atoms. The van der Waals surface area contributed by atoms with E-state index in [1.807, 2.05) is 12.2 Å². The number of hydrogen-bond acceptors (Lipinski definition) is 3. The van der Waals surface area contributed by atoms with E-state index in [0.717, 1.165) is 12.1 Å². The van der Waals surface area contributed by atoms with E-state index in [2.05, 4.69) is 19.2 Å². The zero-order valence-corrected chi connectivity index (χ0v) is 10.7. The van der Waals surface area contributed by atoms with Crippen molar-refractivity contribution in [3.05, 3.63) is 22.9 Å². The lowest BCUT2D eigenvalue weighted by Crippen LogP contribution is -2.28. The van der Waals surface area contributed by atoms with E-state index in [0.29, 0.717) is 11.6 Å². The third-order valence-corrected chi connectivity index (χ3v) is 2.47. The summed E-state index contributed by atoms with van der Waals surface area (Å²) in [6.45, 7) is 6.61. The van der Waals surface area contributed by atoms with Crippen LogP contribution in [0.5, 0.6) is 0 Å². The Morgan fingerprint density at radius 3 is 2.88 bits per heavy atom. The lowest BCUT2D eigenvalue weighted by Gasteiger charge is -2.26. The zero-order valence-electron chi connectivity index (χ0n) is 9.97. The summed E-state index contributed by atoms with van der Waals surface area (Å²) in [5.41, 5.74) is 1.01. The van der Waals surface area contributed by atoms with Crippen LogP contribution in [0.2, 0.25) is 0 Å². The topological polar surface area (TPSA) is 38.3 Å². The maximum atomic E-state index is 11.2. The third kappa shape index (κ3) is 4.27. The summed E-state index contributed by atoms with van der Waals surface area (Å²) in [6.07, 6.45) is 4.72. The van der Waals surface area contributed by atoms with E-state index < -0.39 is 0 Å². The Morgan fingerprint density at radius 2 is 2.31 bits per heavy atom. The van der Waals surface area contributed by atoms with E-state index in [1.165, 1.54) is 0 Å². The molecule has 4 heteroatoms. The Kier molecular flexibility index (Phi) is 4.42. The highest BCUT2D eigenvalue weighted by molar-refractivity contribution is 6.31. The summed E-state index contributed by atoms with van der Waals surface area (Å²) in [5, 5.41) is 3.76. The number of carbonyl (C=O) groups excluding carboxylic acids is 1. The molecule has 0 saturated carbocycles. The Labute approximate surface area is 101 Å². The largest absolute Gasteiger partial charge is 0.465 e. The summed E-state index contributed by atoms with van der Waals surface area (Å²) in [5.74, 6) is -0.244. The van der Waals surface area contributed by atoms with Gasteiger partial charge in [0, 0.05) is 10.7 Å². The van der Waals surface area contributed by atoms with Crippen LogP contribution < -0.4 is 5.32 Å². The predicted molar refractivity (Wildman–Crippen MR) is 65.1 cm³/mol. The maximum absolute atomic E-state index is 11.2. The van der Waals surface area contributed by atoms with Gasteiger partial charge in [-0.1, -0.05) is 31.5 Å². The summed E-state index contributed by atoms with van der Waals surface area (Å²) in [4.78, 5) is 11.2. The van der Waals surface area contributed by atoms with Crippen LogP contribution in [0.15, 0.2) is 22.9 Å². The lowest BCUT2D eigenvalue weighted by atomic mass is 9.84. The highest BCUT2D eigenvalue weighted by Crippen LogP contribution is 2.33. The van der Waals surface area contributed by atoms with Crippen LogP contribution in [0.3, 0.4) is 0 Å². The van der Waals surface area contributed by atoms with Crippen molar-refractivity contribution in [2.75, 3.05) is 13.2 Å². The molecule has 0 radical (unpaired) electrons. The second kappa shape index (κ2) is 5.39. The van der Waals surface area contributed by atoms with Gasteiger partial charge in [-0.25, -0.2) is 0 Å². The fourth-order valence-electron chi connectivity index (χ4n) is 1.69. The second-order valence-electron chi connectivity index (χ2n) is 4.52. The van der Waals surface area contributed by atoms with Crippen LogP contribution in [0, 0.1) is 5.41 Å². The number of ether oxygens (including phenoxy) is 1. The van der Waals surface area contributed by atoms with Gasteiger partial charge in [-0.05, 0) is 24.8 Å². The van der Waals surface area contributed by atoms with Crippen LogP contribution in [0.25, 0.3) is 0 Å². The van der Waals surface area contributed by atoms with E-state index in [4.69, 9.17) is 16.3 Å². The molecule has 0 aromatic carbocycles. The molecule has 0 amide bonds. The average molecular weight is 244 g/mol. The van der Waals surface area contributed by atoms with Crippen molar-refractivity contribution in [1.82, 2.24) is 5.32 Å². The van der Waals surface area contributed by atoms with Gasteiger partial charge in [0.05, 0.1) is 6.61 Å². The van der Waals surface area contributed by atoms with Crippen LogP contribution >= 0.6 is 11.6 Å². The molecule has 0 aliphatic heterocycles. The molecule has 0 aromatic heterocycles. The monoisotopic (exact) mass is 243 g/mol. The van der Waals surface area contributed by atoms with E-state index in [1.54, 1.807) is 6.92 Å². The molecule has 0 unspecified atom stereocenters. The van der Waals surface area contributed by atoms with Gasteiger partial charge in [-0.15, -0.1) is 0 Å². The van der Waals surface area contributed by atoms with E-state index >= 15 is 0 Å². The summed E-state index contributed by atoms with van der Waals surface area (Å²) < 4.78 is 4.84. The molecule has 3 nitrogen and oxygen atoms in total. The highest BCUT2D eigenvalue weighted by Gasteiger charge is 2.21. The molecule has 0 fully saturated rings. The fourth-order valence-corrected chi connectivity index (χ4v) is 2.11. The summed E-state index contributed by atoms with van der Waals surface area (Å²) >= 11 is 6.00. The number of esters is 1. The first-order chi connectivity index (χ1) is 7.43. The Balaban J connectivity index is 2.50. The zero-order chi connectivity index (χ0) is 12.2. The van der Waals surface area contributed by atoms with Crippen molar-refractivity contribution in [1.29, 1.82) is 0 Å². The van der Waals surface area contributed by atoms with Crippen LogP contribution in [0.4, 0.5) is 0 Å². The molecule has 0 spiro atoms. The lowest BCUT2D eigenvalue weighted by molar-refractivity contribution is -0.141. The van der Waals surface area contributed by atoms with Gasteiger partial charge in [0.2, 0.25) is 0 Å². The molecule has 1 rings (SSSR count). The molecule has 1 aliphatic carbocycles. The number of carbonyl (C=O) groups is 1. The SMILES string of the molecule is CCOC(=O)CNC1=CC(Cl)=CC(C)(C)C1. The minimum atomic E-state index is -0.244. The summed E-state index contributed by atoms with van der Waals surface area (Å²) in [6, 6.07) is 0. The fraction of sp³-hybridized carbons (Fsp3) is 0.583. The van der Waals surface area contributed by atoms with Crippen LogP contribution in [-0.2, 0) is 9.53 Å². The van der Waals surface area contributed by atoms with Gasteiger partial charge in [-0.2, -0.15) is 0 Å². The van der Waals surface area contributed by atoms with Crippen LogP contribution in [0.1, 0.15) is 27.2 Å². The number of halogens is 1. The van der Waals surface area contributed by atoms with Gasteiger partial charge in [0.25, 0.3) is 0 Å². The number of nitrogens with one attached hydrogen (secondary N) is 1. The first-order valence-corrected chi connectivity index (χ1v) is 5.79. The first kappa shape index (κ1) is 13.1. The highest BCUT2D eigenvalue weighted by atomic mass is 35.5. The minimum absolute atomic E-state index is 0.0306. The van der Waals surface area contributed by atoms with Gasteiger partial charge in [-0.3, -0.25) is 4.79 Å². The molecule has 0 aromatic rings. The first-order valence-electron chi connectivity index (χ1n) is 5.41. The normalized spacial score (nSPS) is 18.5. The minimum Gasteiger partial charge on any atom is -0.465 e. The Morgan fingerprint density at radius 1 is 1.62 bits per heavy atom. The van der Waals surface area contributed by atoms with Crippen molar-refractivity contribution in [3.63, 3.8) is 0 Å². The molecule has 16 heavy (non-hydrogen) atoms. The average Bonchev–Trinajstić information content (AvgIpc) is 2.12. The molecule has 90 valence electrons. The molecule has 1 aliphatic rings. The molecule has 0 saturated heterocycles. The van der Waals surface area contributed by atoms with Crippen LogP contribution in [-0.4, -0.2) is 19.1 Å². The Bertz CT molecular complexity index is 332. The van der Waals surface area contributed by atoms with Crippen molar-refractivity contribution in [2.24, 2.45) is 5.41 Å². The van der Waals surface area contributed by atoms with Crippen molar-refractivity contribution in [2.45, 2.75) is 27.2 Å². The Hall–Kier alpha value is -0.960. The van der Waals surface area contributed by atoms with Crippen molar-refractivity contribution in [3.8, 4) is 0 Å². The standard InChI is InChI=1S/C12H18ClNO2/c1-4-16-11(15)8-14-10-5-9(13)6-12(2,3)7-10/h5-6,14H,4,7-8H2,1-3H3. The molecular formula is C12H18ClNO2. The predicted octanol–water partition coefficient (Wildman–Crippen LogP) is 2.58. The number of hydrogen-bond donors (Lipinski definition) is 1. The number of allylic oxidation sites excluding steroid dienone is 4. The van der Waals surface area contributed by atoms with Gasteiger partial charge >= 0.3 is 5.97 Å². The van der Waals surface area contributed by atoms with Crippen molar-refractivity contribution >= 4 is 17.6 Å². The number of rotatable bonds is 4. The quantitative estimate of drug-likeness (QED) is 0.772. The van der Waals surface area contributed by atoms with E-state index in [-0.39, 0.29) is 17.9 Å². The smallest absolute Gasteiger partial charge is 0.325 e. The van der Waals surface area contributed by atoms with Crippen molar-refractivity contribution < 1.29 is 9.53 Å². The van der Waals surface area contributed by atoms with Gasteiger partial charge in [0.15, 0.2) is 0 Å². The molecule has 1 N–H and O–H groups in total. The maximum Gasteiger partial charge on any atom is 0.325 e. The van der Waals surface area contributed by atoms with Gasteiger partial charge < -0.3 is 10.1 Å². The molecular weight excluding hydrogens is 226 g/mol. The second-order valence-corrected chi connectivity index (χ2v) is 4.96. The summed E-state index contributed by atoms with van der Waals surface area (Å²) in [7, 11) is 0. The molecule has 0 heterocycles. The third-order valence-electron chi connectivity index (χ3n) is 2.25. The van der Waals surface area contributed by atoms with E-state index in [9.17, 15) is 4.79 Å². The molecule has 0 atom stereocenters.